The molecule has 0 spiro atoms. The topological polar surface area (TPSA) is 66.9 Å². The lowest BCUT2D eigenvalue weighted by Gasteiger charge is -2.35. The van der Waals surface area contributed by atoms with Crippen LogP contribution in [-0.2, 0) is 6.54 Å². The monoisotopic (exact) mass is 438 g/mol. The van der Waals surface area contributed by atoms with Crippen molar-refractivity contribution in [2.45, 2.75) is 6.54 Å². The number of benzene rings is 1. The molecule has 0 saturated carbocycles. The number of piperazine rings is 1. The number of thiophene rings is 1. The van der Waals surface area contributed by atoms with Gasteiger partial charge in [-0.1, -0.05) is 6.07 Å². The highest BCUT2D eigenvalue weighted by Gasteiger charge is 2.18. The van der Waals surface area contributed by atoms with Gasteiger partial charge in [-0.25, -0.2) is 4.98 Å². The molecule has 1 fully saturated rings. The van der Waals surface area contributed by atoms with Crippen molar-refractivity contribution < 1.29 is 14.3 Å². The third kappa shape index (κ3) is 5.34. The molecule has 0 atom stereocenters. The van der Waals surface area contributed by atoms with Crippen LogP contribution in [-0.4, -0.2) is 56.2 Å². The summed E-state index contributed by atoms with van der Waals surface area (Å²) in [5.74, 6) is 1.82. The maximum atomic E-state index is 12.6. The van der Waals surface area contributed by atoms with E-state index in [2.05, 4.69) is 37.6 Å². The quantitative estimate of drug-likeness (QED) is 0.606. The first-order valence-corrected chi connectivity index (χ1v) is 11.0. The normalized spacial score (nSPS) is 14.3. The average molecular weight is 439 g/mol. The van der Waals surface area contributed by atoms with E-state index in [4.69, 9.17) is 9.47 Å². The highest BCUT2D eigenvalue weighted by atomic mass is 32.1. The smallest absolute Gasteiger partial charge is 0.255 e. The van der Waals surface area contributed by atoms with Crippen LogP contribution in [0.2, 0.25) is 0 Å². The Morgan fingerprint density at radius 3 is 2.39 bits per heavy atom. The van der Waals surface area contributed by atoms with Crippen LogP contribution in [0.5, 0.6) is 11.5 Å². The number of anilines is 2. The van der Waals surface area contributed by atoms with Crippen molar-refractivity contribution >= 4 is 28.7 Å². The summed E-state index contributed by atoms with van der Waals surface area (Å²) in [6, 6.07) is 13.2. The second kappa shape index (κ2) is 9.80. The molecule has 2 aromatic heterocycles. The summed E-state index contributed by atoms with van der Waals surface area (Å²) in [4.78, 5) is 23.4. The minimum atomic E-state index is -0.242. The molecule has 0 radical (unpaired) electrons. The Bertz CT molecular complexity index is 978. The molecule has 1 saturated heterocycles. The van der Waals surface area contributed by atoms with Gasteiger partial charge in [0.2, 0.25) is 0 Å². The number of pyridine rings is 1. The Labute approximate surface area is 186 Å². The average Bonchev–Trinajstić information content (AvgIpc) is 3.33. The Morgan fingerprint density at radius 1 is 1.06 bits per heavy atom. The molecule has 8 heteroatoms. The van der Waals surface area contributed by atoms with Crippen molar-refractivity contribution in [3.05, 3.63) is 64.5 Å². The number of carbonyl (C=O) groups excluding carboxylic acids is 1. The molecular formula is C23H26N4O3S. The zero-order chi connectivity index (χ0) is 21.6. The summed E-state index contributed by atoms with van der Waals surface area (Å²) in [7, 11) is 3.11. The van der Waals surface area contributed by atoms with Crippen molar-refractivity contribution in [2.24, 2.45) is 0 Å². The summed E-state index contributed by atoms with van der Waals surface area (Å²) in [5.41, 5.74) is 1.11. The summed E-state index contributed by atoms with van der Waals surface area (Å²) in [6.45, 7) is 4.91. The highest BCUT2D eigenvalue weighted by Crippen LogP contribution is 2.24. The molecule has 0 bridgehead atoms. The first-order chi connectivity index (χ1) is 15.1. The lowest BCUT2D eigenvalue weighted by molar-refractivity contribution is 0.102. The van der Waals surface area contributed by atoms with E-state index in [-0.39, 0.29) is 5.91 Å². The van der Waals surface area contributed by atoms with Crippen LogP contribution in [0.25, 0.3) is 0 Å². The Kier molecular flexibility index (Phi) is 6.69. The number of rotatable bonds is 7. The van der Waals surface area contributed by atoms with Crippen LogP contribution in [0, 0.1) is 0 Å². The zero-order valence-electron chi connectivity index (χ0n) is 17.7. The van der Waals surface area contributed by atoms with E-state index in [1.165, 1.54) is 4.88 Å². The summed E-state index contributed by atoms with van der Waals surface area (Å²) >= 11 is 1.81. The van der Waals surface area contributed by atoms with Crippen molar-refractivity contribution in [3.8, 4) is 11.5 Å². The Hall–Kier alpha value is -3.10. The molecule has 1 N–H and O–H groups in total. The highest BCUT2D eigenvalue weighted by molar-refractivity contribution is 7.09. The molecule has 162 valence electrons. The fourth-order valence-electron chi connectivity index (χ4n) is 3.55. The maximum absolute atomic E-state index is 12.6. The number of hydrogen-bond acceptors (Lipinski definition) is 7. The molecule has 0 unspecified atom stereocenters. The molecule has 4 rings (SSSR count). The maximum Gasteiger partial charge on any atom is 0.255 e. The van der Waals surface area contributed by atoms with Gasteiger partial charge in [-0.2, -0.15) is 0 Å². The number of methoxy groups -OCH3 is 2. The summed E-state index contributed by atoms with van der Waals surface area (Å²) in [5, 5.41) is 5.01. The van der Waals surface area contributed by atoms with Crippen LogP contribution in [0.1, 0.15) is 15.2 Å². The van der Waals surface area contributed by atoms with Crippen LogP contribution in [0.15, 0.2) is 54.0 Å². The molecule has 31 heavy (non-hydrogen) atoms. The molecular weight excluding hydrogens is 412 g/mol. The van der Waals surface area contributed by atoms with Crippen LogP contribution < -0.4 is 19.7 Å². The molecule has 3 heterocycles. The largest absolute Gasteiger partial charge is 0.497 e. The predicted octanol–water partition coefficient (Wildman–Crippen LogP) is 3.73. The predicted molar refractivity (Wildman–Crippen MR) is 124 cm³/mol. The fourth-order valence-corrected chi connectivity index (χ4v) is 4.29. The third-order valence-corrected chi connectivity index (χ3v) is 6.14. The number of nitrogens with zero attached hydrogens (tertiary/aromatic N) is 3. The number of hydrogen-bond donors (Lipinski definition) is 1. The number of aromatic nitrogens is 1. The summed E-state index contributed by atoms with van der Waals surface area (Å²) < 4.78 is 10.5. The van der Waals surface area contributed by atoms with E-state index in [1.54, 1.807) is 50.0 Å². The van der Waals surface area contributed by atoms with Gasteiger partial charge in [0.1, 0.15) is 17.3 Å². The zero-order valence-corrected chi connectivity index (χ0v) is 18.5. The van der Waals surface area contributed by atoms with E-state index in [0.717, 1.165) is 38.5 Å². The molecule has 1 aliphatic rings. The third-order valence-electron chi connectivity index (χ3n) is 5.28. The van der Waals surface area contributed by atoms with Gasteiger partial charge in [-0.3, -0.25) is 9.69 Å². The van der Waals surface area contributed by atoms with Gasteiger partial charge in [-0.05, 0) is 35.7 Å². The van der Waals surface area contributed by atoms with E-state index in [9.17, 15) is 4.79 Å². The molecule has 1 amide bonds. The second-order valence-corrected chi connectivity index (χ2v) is 8.34. The van der Waals surface area contributed by atoms with Gasteiger partial charge in [0.15, 0.2) is 0 Å². The first kappa shape index (κ1) is 21.1. The molecule has 7 nitrogen and oxygen atoms in total. The summed E-state index contributed by atoms with van der Waals surface area (Å²) in [6.07, 6.45) is 1.70. The second-order valence-electron chi connectivity index (χ2n) is 7.30. The van der Waals surface area contributed by atoms with Crippen molar-refractivity contribution in [3.63, 3.8) is 0 Å². The minimum Gasteiger partial charge on any atom is -0.497 e. The van der Waals surface area contributed by atoms with Crippen molar-refractivity contribution in [1.29, 1.82) is 0 Å². The van der Waals surface area contributed by atoms with Gasteiger partial charge < -0.3 is 19.7 Å². The molecule has 1 aliphatic heterocycles. The number of amides is 1. The van der Waals surface area contributed by atoms with Gasteiger partial charge in [-0.15, -0.1) is 11.3 Å². The van der Waals surface area contributed by atoms with Gasteiger partial charge >= 0.3 is 0 Å². The first-order valence-electron chi connectivity index (χ1n) is 10.1. The van der Waals surface area contributed by atoms with Crippen molar-refractivity contribution in [1.82, 2.24) is 9.88 Å². The van der Waals surface area contributed by atoms with E-state index in [1.807, 2.05) is 12.1 Å². The van der Waals surface area contributed by atoms with E-state index in [0.29, 0.717) is 22.7 Å². The van der Waals surface area contributed by atoms with Crippen molar-refractivity contribution in [2.75, 3.05) is 50.6 Å². The lowest BCUT2D eigenvalue weighted by Crippen LogP contribution is -2.46. The van der Waals surface area contributed by atoms with Gasteiger partial charge in [0, 0.05) is 49.2 Å². The molecule has 1 aromatic carbocycles. The van der Waals surface area contributed by atoms with Crippen LogP contribution in [0.3, 0.4) is 0 Å². The van der Waals surface area contributed by atoms with Gasteiger partial charge in [0.25, 0.3) is 5.91 Å². The Balaban J connectivity index is 1.34. The number of nitrogens with one attached hydrogen (secondary N) is 1. The number of carbonyl (C=O) groups is 1. The van der Waals surface area contributed by atoms with Crippen LogP contribution in [0.4, 0.5) is 11.5 Å². The molecule has 3 aromatic rings. The Morgan fingerprint density at radius 2 is 1.81 bits per heavy atom. The standard InChI is InChI=1S/C23H26N4O3S/c1-29-19-12-17(13-20(14-19)30-2)23(28)25-18-5-6-22(24-15-18)27-9-7-26(8-10-27)16-21-4-3-11-31-21/h3-6,11-15H,7-10,16H2,1-2H3,(H,25,28). The van der Waals surface area contributed by atoms with Gasteiger partial charge in [0.05, 0.1) is 26.1 Å². The lowest BCUT2D eigenvalue weighted by atomic mass is 10.2. The fraction of sp³-hybridized carbons (Fsp3) is 0.304. The van der Waals surface area contributed by atoms with E-state index >= 15 is 0 Å². The van der Waals surface area contributed by atoms with E-state index < -0.39 is 0 Å². The number of ether oxygens (including phenoxy) is 2. The molecule has 0 aliphatic carbocycles. The van der Waals surface area contributed by atoms with Crippen LogP contribution >= 0.6 is 11.3 Å². The minimum absolute atomic E-state index is 0.242. The SMILES string of the molecule is COc1cc(OC)cc(C(=O)Nc2ccc(N3CCN(Cc4cccs4)CC3)nc2)c1.